The van der Waals surface area contributed by atoms with Gasteiger partial charge in [0.1, 0.15) is 6.33 Å². The predicted molar refractivity (Wildman–Crippen MR) is 65.0 cm³/mol. The molecule has 3 heteroatoms. The molecule has 0 radical (unpaired) electrons. The molecule has 1 aliphatic rings. The zero-order chi connectivity index (χ0) is 11.6. The molecular weight excluding hydrogens is 198 g/mol. The Morgan fingerprint density at radius 2 is 2.06 bits per heavy atom. The van der Waals surface area contributed by atoms with E-state index in [9.17, 15) is 0 Å². The molecular formula is C13H21N3. The van der Waals surface area contributed by atoms with Gasteiger partial charge in [0.15, 0.2) is 0 Å². The molecule has 3 nitrogen and oxygen atoms in total. The van der Waals surface area contributed by atoms with Gasteiger partial charge >= 0.3 is 0 Å². The van der Waals surface area contributed by atoms with Crippen molar-refractivity contribution in [1.82, 2.24) is 15.3 Å². The van der Waals surface area contributed by atoms with Gasteiger partial charge in [-0.05, 0) is 30.7 Å². The zero-order valence-electron chi connectivity index (χ0n) is 10.4. The van der Waals surface area contributed by atoms with Crippen molar-refractivity contribution < 1.29 is 0 Å². The Hall–Kier alpha value is -0.960. The van der Waals surface area contributed by atoms with E-state index in [1.807, 2.05) is 12.4 Å². The molecule has 88 valence electrons. The second kappa shape index (κ2) is 4.50. The minimum Gasteiger partial charge on any atom is -0.310 e. The Bertz CT molecular complexity index is 334. The number of hydrogen-bond acceptors (Lipinski definition) is 3. The molecule has 2 atom stereocenters. The van der Waals surface area contributed by atoms with E-state index in [0.29, 0.717) is 11.5 Å². The van der Waals surface area contributed by atoms with Gasteiger partial charge in [0.25, 0.3) is 0 Å². The van der Waals surface area contributed by atoms with E-state index >= 15 is 0 Å². The van der Waals surface area contributed by atoms with Gasteiger partial charge < -0.3 is 5.32 Å². The van der Waals surface area contributed by atoms with Crippen LogP contribution in [0.2, 0.25) is 0 Å². The van der Waals surface area contributed by atoms with Crippen LogP contribution in [0.1, 0.15) is 45.2 Å². The highest BCUT2D eigenvalue weighted by Crippen LogP contribution is 2.57. The molecule has 1 saturated carbocycles. The van der Waals surface area contributed by atoms with E-state index < -0.39 is 0 Å². The molecule has 1 aromatic heterocycles. The summed E-state index contributed by atoms with van der Waals surface area (Å²) in [7, 11) is 0. The second-order valence-corrected chi connectivity index (χ2v) is 5.40. The summed E-state index contributed by atoms with van der Waals surface area (Å²) in [5.74, 6) is 0.727. The molecule has 1 fully saturated rings. The summed E-state index contributed by atoms with van der Waals surface area (Å²) < 4.78 is 0. The van der Waals surface area contributed by atoms with Gasteiger partial charge in [-0.1, -0.05) is 20.8 Å². The number of nitrogens with zero attached hydrogens (tertiary/aromatic N) is 2. The van der Waals surface area contributed by atoms with Crippen LogP contribution in [0.15, 0.2) is 18.7 Å². The van der Waals surface area contributed by atoms with Crippen LogP contribution < -0.4 is 5.32 Å². The normalized spacial score (nSPS) is 24.1. The SMILES string of the molecule is CCCNC(c1cncnc1)C1CC1(C)C. The average molecular weight is 219 g/mol. The van der Waals surface area contributed by atoms with Crippen LogP contribution in [-0.2, 0) is 0 Å². The molecule has 1 N–H and O–H groups in total. The first kappa shape index (κ1) is 11.5. The van der Waals surface area contributed by atoms with E-state index in [1.165, 1.54) is 12.0 Å². The fourth-order valence-electron chi connectivity index (χ4n) is 2.34. The number of aromatic nitrogens is 2. The van der Waals surface area contributed by atoms with Gasteiger partial charge in [0.05, 0.1) is 0 Å². The van der Waals surface area contributed by atoms with Gasteiger partial charge in [-0.2, -0.15) is 0 Å². The topological polar surface area (TPSA) is 37.8 Å². The molecule has 1 aromatic rings. The Kier molecular flexibility index (Phi) is 3.24. The maximum absolute atomic E-state index is 4.12. The summed E-state index contributed by atoms with van der Waals surface area (Å²) in [5, 5.41) is 3.62. The lowest BCUT2D eigenvalue weighted by Gasteiger charge is -2.19. The van der Waals surface area contributed by atoms with Crippen molar-refractivity contribution in [2.45, 2.75) is 39.7 Å². The maximum atomic E-state index is 4.12. The van der Waals surface area contributed by atoms with Crippen molar-refractivity contribution in [1.29, 1.82) is 0 Å². The van der Waals surface area contributed by atoms with Crippen molar-refractivity contribution >= 4 is 0 Å². The standard InChI is InChI=1S/C13H21N3/c1-4-5-16-12(11-6-13(11,2)3)10-7-14-9-15-8-10/h7-9,11-12,16H,4-6H2,1-3H3. The largest absolute Gasteiger partial charge is 0.310 e. The van der Waals surface area contributed by atoms with E-state index in [1.54, 1.807) is 6.33 Å². The minimum absolute atomic E-state index is 0.427. The van der Waals surface area contributed by atoms with Crippen LogP contribution in [0, 0.1) is 11.3 Å². The third-order valence-electron chi connectivity index (χ3n) is 3.55. The first-order valence-electron chi connectivity index (χ1n) is 6.13. The fourth-order valence-corrected chi connectivity index (χ4v) is 2.34. The van der Waals surface area contributed by atoms with Crippen LogP contribution in [0.3, 0.4) is 0 Å². The molecule has 0 aliphatic heterocycles. The zero-order valence-corrected chi connectivity index (χ0v) is 10.4. The smallest absolute Gasteiger partial charge is 0.115 e. The van der Waals surface area contributed by atoms with Crippen molar-refractivity contribution in [2.24, 2.45) is 11.3 Å². The summed E-state index contributed by atoms with van der Waals surface area (Å²) in [6, 6.07) is 0.427. The van der Waals surface area contributed by atoms with Crippen LogP contribution in [0.5, 0.6) is 0 Å². The Morgan fingerprint density at radius 3 is 2.56 bits per heavy atom. The lowest BCUT2D eigenvalue weighted by Crippen LogP contribution is -2.25. The monoisotopic (exact) mass is 219 g/mol. The molecule has 1 heterocycles. The summed E-state index contributed by atoms with van der Waals surface area (Å²) in [5.41, 5.74) is 1.70. The van der Waals surface area contributed by atoms with Crippen molar-refractivity contribution in [3.8, 4) is 0 Å². The molecule has 0 spiro atoms. The minimum atomic E-state index is 0.427. The Labute approximate surface area is 97.7 Å². The van der Waals surface area contributed by atoms with Gasteiger partial charge in [-0.3, -0.25) is 0 Å². The highest BCUT2D eigenvalue weighted by molar-refractivity contribution is 5.17. The van der Waals surface area contributed by atoms with Crippen molar-refractivity contribution in [2.75, 3.05) is 6.54 Å². The predicted octanol–water partition coefficient (Wildman–Crippen LogP) is 2.56. The lowest BCUT2D eigenvalue weighted by atomic mass is 9.99. The molecule has 2 unspecified atom stereocenters. The summed E-state index contributed by atoms with van der Waals surface area (Å²) in [4.78, 5) is 8.24. The van der Waals surface area contributed by atoms with Crippen LogP contribution in [0.25, 0.3) is 0 Å². The average Bonchev–Trinajstić information content (AvgIpc) is 2.90. The molecule has 0 bridgehead atoms. The molecule has 0 saturated heterocycles. The summed E-state index contributed by atoms with van der Waals surface area (Å²) in [6.07, 6.45) is 7.93. The molecule has 16 heavy (non-hydrogen) atoms. The number of hydrogen-bond donors (Lipinski definition) is 1. The first-order chi connectivity index (χ1) is 7.65. The van der Waals surface area contributed by atoms with Crippen molar-refractivity contribution in [3.05, 3.63) is 24.3 Å². The maximum Gasteiger partial charge on any atom is 0.115 e. The number of nitrogens with one attached hydrogen (secondary N) is 1. The van der Waals surface area contributed by atoms with E-state index in [2.05, 4.69) is 36.1 Å². The van der Waals surface area contributed by atoms with Crippen LogP contribution in [-0.4, -0.2) is 16.5 Å². The van der Waals surface area contributed by atoms with Crippen LogP contribution >= 0.6 is 0 Å². The molecule has 2 rings (SSSR count). The molecule has 1 aliphatic carbocycles. The third-order valence-corrected chi connectivity index (χ3v) is 3.55. The third kappa shape index (κ3) is 2.40. The number of rotatable bonds is 5. The highest BCUT2D eigenvalue weighted by atomic mass is 14.9. The molecule has 0 amide bonds. The lowest BCUT2D eigenvalue weighted by molar-refractivity contribution is 0.414. The van der Waals surface area contributed by atoms with Crippen molar-refractivity contribution in [3.63, 3.8) is 0 Å². The quantitative estimate of drug-likeness (QED) is 0.827. The van der Waals surface area contributed by atoms with Gasteiger partial charge in [-0.25, -0.2) is 9.97 Å². The van der Waals surface area contributed by atoms with E-state index in [0.717, 1.165) is 18.9 Å². The van der Waals surface area contributed by atoms with Gasteiger partial charge in [0, 0.05) is 24.0 Å². The van der Waals surface area contributed by atoms with Gasteiger partial charge in [-0.15, -0.1) is 0 Å². The molecule has 0 aromatic carbocycles. The Morgan fingerprint density at radius 1 is 1.44 bits per heavy atom. The summed E-state index contributed by atoms with van der Waals surface area (Å²) in [6.45, 7) is 7.93. The second-order valence-electron chi connectivity index (χ2n) is 5.40. The van der Waals surface area contributed by atoms with Crippen LogP contribution in [0.4, 0.5) is 0 Å². The fraction of sp³-hybridized carbons (Fsp3) is 0.692. The van der Waals surface area contributed by atoms with Gasteiger partial charge in [0.2, 0.25) is 0 Å². The van der Waals surface area contributed by atoms with E-state index in [-0.39, 0.29) is 0 Å². The first-order valence-corrected chi connectivity index (χ1v) is 6.13. The Balaban J connectivity index is 2.10. The highest BCUT2D eigenvalue weighted by Gasteiger charge is 2.50. The van der Waals surface area contributed by atoms with E-state index in [4.69, 9.17) is 0 Å². The summed E-state index contributed by atoms with van der Waals surface area (Å²) >= 11 is 0.